The van der Waals surface area contributed by atoms with Crippen molar-refractivity contribution >= 4 is 5.91 Å². The molecular weight excluding hydrogens is 279 g/mol. The number of halogens is 1. The average molecular weight is 304 g/mol. The quantitative estimate of drug-likeness (QED) is 0.926. The largest absolute Gasteiger partial charge is 0.339 e. The zero-order chi connectivity index (χ0) is 15.7. The smallest absolute Gasteiger partial charge is 0.223 e. The third kappa shape index (κ3) is 3.32. The zero-order valence-corrected chi connectivity index (χ0v) is 13.4. The van der Waals surface area contributed by atoms with Crippen LogP contribution in [0.2, 0.25) is 0 Å². The van der Waals surface area contributed by atoms with Gasteiger partial charge in [0.05, 0.1) is 6.04 Å². The van der Waals surface area contributed by atoms with E-state index < -0.39 is 0 Å². The highest BCUT2D eigenvalue weighted by Crippen LogP contribution is 2.33. The first-order valence-electron chi connectivity index (χ1n) is 8.30. The van der Waals surface area contributed by atoms with E-state index in [9.17, 15) is 9.18 Å². The van der Waals surface area contributed by atoms with Crippen molar-refractivity contribution in [3.05, 3.63) is 35.6 Å². The van der Waals surface area contributed by atoms with Gasteiger partial charge in [-0.25, -0.2) is 4.39 Å². The van der Waals surface area contributed by atoms with Crippen LogP contribution in [0.15, 0.2) is 24.3 Å². The van der Waals surface area contributed by atoms with E-state index in [0.29, 0.717) is 24.4 Å². The average Bonchev–Trinajstić information content (AvgIpc) is 2.85. The number of rotatable bonds is 4. The van der Waals surface area contributed by atoms with Crippen molar-refractivity contribution in [3.8, 4) is 0 Å². The molecule has 3 atom stereocenters. The fourth-order valence-electron chi connectivity index (χ4n) is 3.91. The summed E-state index contributed by atoms with van der Waals surface area (Å²) in [7, 11) is 1.85. The summed E-state index contributed by atoms with van der Waals surface area (Å²) in [6.45, 7) is 2.00. The fourth-order valence-corrected chi connectivity index (χ4v) is 3.91. The van der Waals surface area contributed by atoms with Crippen LogP contribution in [0.3, 0.4) is 0 Å². The molecule has 1 N–H and O–H groups in total. The highest BCUT2D eigenvalue weighted by molar-refractivity contribution is 5.76. The predicted octanol–water partition coefficient (Wildman–Crippen LogP) is 3.27. The second-order valence-electron chi connectivity index (χ2n) is 6.91. The second kappa shape index (κ2) is 6.37. The summed E-state index contributed by atoms with van der Waals surface area (Å²) >= 11 is 0. The Morgan fingerprint density at radius 3 is 2.45 bits per heavy atom. The Labute approximate surface area is 131 Å². The summed E-state index contributed by atoms with van der Waals surface area (Å²) in [6.07, 6.45) is 5.41. The Bertz CT molecular complexity index is 518. The minimum atomic E-state index is -0.241. The summed E-state index contributed by atoms with van der Waals surface area (Å²) in [4.78, 5) is 14.4. The van der Waals surface area contributed by atoms with Gasteiger partial charge in [-0.15, -0.1) is 0 Å². The molecule has 1 amide bonds. The Balaban J connectivity index is 1.58. The normalized spacial score (nSPS) is 28.4. The number of piperidine rings is 1. The summed E-state index contributed by atoms with van der Waals surface area (Å²) in [5, 5.41) is 3.62. The van der Waals surface area contributed by atoms with E-state index in [1.54, 1.807) is 17.0 Å². The first-order chi connectivity index (χ1) is 10.5. The van der Waals surface area contributed by atoms with E-state index in [1.807, 2.05) is 14.0 Å². The van der Waals surface area contributed by atoms with Gasteiger partial charge >= 0.3 is 0 Å². The molecule has 120 valence electrons. The molecule has 1 aromatic rings. The van der Waals surface area contributed by atoms with E-state index in [-0.39, 0.29) is 17.8 Å². The van der Waals surface area contributed by atoms with Crippen LogP contribution in [-0.2, 0) is 4.79 Å². The third-order valence-electron chi connectivity index (χ3n) is 5.36. The van der Waals surface area contributed by atoms with Crippen molar-refractivity contribution in [2.45, 2.75) is 57.2 Å². The maximum atomic E-state index is 13.0. The standard InChI is InChI=1S/C18H25FN2O/c1-12(14-3-5-15(19)6-4-14)21(2)18(22)11-13-9-16-7-8-17(10-13)20-16/h3-6,12-13,16-17,20H,7-11H2,1-2H3. The zero-order valence-electron chi connectivity index (χ0n) is 13.4. The number of carbonyl (C=O) groups excluding carboxylic acids is 1. The summed E-state index contributed by atoms with van der Waals surface area (Å²) in [5.41, 5.74) is 0.975. The number of hydrogen-bond donors (Lipinski definition) is 1. The van der Waals surface area contributed by atoms with Gasteiger partial charge in [-0.3, -0.25) is 4.79 Å². The molecule has 2 aliphatic heterocycles. The van der Waals surface area contributed by atoms with E-state index >= 15 is 0 Å². The molecule has 1 aromatic carbocycles. The van der Waals surface area contributed by atoms with Gasteiger partial charge in [0.15, 0.2) is 0 Å². The molecule has 0 spiro atoms. The number of nitrogens with zero attached hydrogens (tertiary/aromatic N) is 1. The summed E-state index contributed by atoms with van der Waals surface area (Å²) in [6, 6.07) is 7.64. The fraction of sp³-hybridized carbons (Fsp3) is 0.611. The molecule has 2 heterocycles. The highest BCUT2D eigenvalue weighted by atomic mass is 19.1. The molecule has 2 saturated heterocycles. The molecule has 3 unspecified atom stereocenters. The second-order valence-corrected chi connectivity index (χ2v) is 6.91. The molecular formula is C18H25FN2O. The molecule has 4 heteroatoms. The maximum absolute atomic E-state index is 13.0. The lowest BCUT2D eigenvalue weighted by Crippen LogP contribution is -2.40. The van der Waals surface area contributed by atoms with Crippen LogP contribution in [0.25, 0.3) is 0 Å². The number of hydrogen-bond acceptors (Lipinski definition) is 2. The van der Waals surface area contributed by atoms with Crippen LogP contribution in [0, 0.1) is 11.7 Å². The van der Waals surface area contributed by atoms with E-state index in [1.165, 1.54) is 25.0 Å². The number of nitrogens with one attached hydrogen (secondary N) is 1. The molecule has 22 heavy (non-hydrogen) atoms. The molecule has 3 nitrogen and oxygen atoms in total. The molecule has 0 saturated carbocycles. The van der Waals surface area contributed by atoms with Gasteiger partial charge in [0.2, 0.25) is 5.91 Å². The van der Waals surface area contributed by atoms with Crippen LogP contribution < -0.4 is 5.32 Å². The van der Waals surface area contributed by atoms with Crippen molar-refractivity contribution in [1.82, 2.24) is 10.2 Å². The molecule has 2 fully saturated rings. The molecule has 2 aliphatic rings. The van der Waals surface area contributed by atoms with Crippen molar-refractivity contribution in [2.75, 3.05) is 7.05 Å². The van der Waals surface area contributed by atoms with E-state index in [4.69, 9.17) is 0 Å². The van der Waals surface area contributed by atoms with E-state index in [2.05, 4.69) is 5.32 Å². The van der Waals surface area contributed by atoms with E-state index in [0.717, 1.165) is 18.4 Å². The van der Waals surface area contributed by atoms with Crippen LogP contribution in [-0.4, -0.2) is 29.9 Å². The SMILES string of the molecule is CC(c1ccc(F)cc1)N(C)C(=O)CC1CC2CCC(C1)N2. The molecule has 3 rings (SSSR count). The van der Waals surface area contributed by atoms with Crippen molar-refractivity contribution in [2.24, 2.45) is 5.92 Å². The van der Waals surface area contributed by atoms with Gasteiger partial charge in [-0.05, 0) is 56.2 Å². The summed E-state index contributed by atoms with van der Waals surface area (Å²) in [5.74, 6) is 0.465. The summed E-state index contributed by atoms with van der Waals surface area (Å²) < 4.78 is 13.0. The Morgan fingerprint density at radius 1 is 1.27 bits per heavy atom. The molecule has 0 radical (unpaired) electrons. The first-order valence-corrected chi connectivity index (χ1v) is 8.30. The lowest BCUT2D eigenvalue weighted by molar-refractivity contribution is -0.133. The van der Waals surface area contributed by atoms with Crippen LogP contribution in [0.1, 0.15) is 50.6 Å². The monoisotopic (exact) mass is 304 g/mol. The lowest BCUT2D eigenvalue weighted by atomic mass is 9.89. The Morgan fingerprint density at radius 2 is 1.86 bits per heavy atom. The van der Waals surface area contributed by atoms with Crippen LogP contribution >= 0.6 is 0 Å². The topological polar surface area (TPSA) is 32.3 Å². The Kier molecular flexibility index (Phi) is 4.48. The lowest BCUT2D eigenvalue weighted by Gasteiger charge is -2.31. The van der Waals surface area contributed by atoms with Crippen LogP contribution in [0.4, 0.5) is 4.39 Å². The molecule has 0 aromatic heterocycles. The van der Waals surface area contributed by atoms with Crippen molar-refractivity contribution in [1.29, 1.82) is 0 Å². The van der Waals surface area contributed by atoms with Crippen molar-refractivity contribution < 1.29 is 9.18 Å². The van der Waals surface area contributed by atoms with Crippen LogP contribution in [0.5, 0.6) is 0 Å². The minimum Gasteiger partial charge on any atom is -0.339 e. The highest BCUT2D eigenvalue weighted by Gasteiger charge is 2.34. The van der Waals surface area contributed by atoms with Gasteiger partial charge in [0, 0.05) is 25.6 Å². The van der Waals surface area contributed by atoms with Gasteiger partial charge < -0.3 is 10.2 Å². The maximum Gasteiger partial charge on any atom is 0.223 e. The first kappa shape index (κ1) is 15.5. The van der Waals surface area contributed by atoms with Gasteiger partial charge in [0.25, 0.3) is 0 Å². The third-order valence-corrected chi connectivity index (χ3v) is 5.36. The predicted molar refractivity (Wildman–Crippen MR) is 84.9 cm³/mol. The number of amides is 1. The Hall–Kier alpha value is -1.42. The van der Waals surface area contributed by atoms with Crippen molar-refractivity contribution in [3.63, 3.8) is 0 Å². The van der Waals surface area contributed by atoms with Gasteiger partial charge in [-0.2, -0.15) is 0 Å². The number of benzene rings is 1. The molecule has 2 bridgehead atoms. The van der Waals surface area contributed by atoms with Gasteiger partial charge in [-0.1, -0.05) is 12.1 Å². The van der Waals surface area contributed by atoms with Gasteiger partial charge in [0.1, 0.15) is 5.82 Å². The molecule has 0 aliphatic carbocycles. The minimum absolute atomic E-state index is 0.0217. The number of carbonyl (C=O) groups is 1. The number of fused-ring (bicyclic) bond motifs is 2.